The Morgan fingerprint density at radius 2 is 2.12 bits per heavy atom. The topological polar surface area (TPSA) is 66.5 Å². The Bertz CT molecular complexity index is 527. The molecule has 5 nitrogen and oxygen atoms in total. The van der Waals surface area contributed by atoms with Gasteiger partial charge in [-0.05, 0) is 18.2 Å². The summed E-state index contributed by atoms with van der Waals surface area (Å²) in [5.41, 5.74) is 0.268. The maximum absolute atomic E-state index is 13.0. The number of carbonyl (C=O) groups excluding carboxylic acids is 3. The fourth-order valence-corrected chi connectivity index (χ4v) is 1.65. The number of anilines is 1. The van der Waals surface area contributed by atoms with E-state index in [2.05, 4.69) is 5.32 Å². The molecule has 1 heterocycles. The highest BCUT2D eigenvalue weighted by atomic mass is 19.1. The Hall–Kier alpha value is -2.24. The first-order valence-corrected chi connectivity index (χ1v) is 4.91. The van der Waals surface area contributed by atoms with E-state index in [1.165, 1.54) is 13.1 Å². The summed E-state index contributed by atoms with van der Waals surface area (Å²) < 4.78 is 13.0. The lowest BCUT2D eigenvalue weighted by Gasteiger charge is -2.14. The Morgan fingerprint density at radius 1 is 1.41 bits per heavy atom. The van der Waals surface area contributed by atoms with E-state index in [9.17, 15) is 18.8 Å². The van der Waals surface area contributed by atoms with Crippen LogP contribution in [0.15, 0.2) is 18.2 Å². The summed E-state index contributed by atoms with van der Waals surface area (Å²) >= 11 is 0. The molecule has 1 N–H and O–H groups in total. The highest BCUT2D eigenvalue weighted by molar-refractivity contribution is 6.52. The van der Waals surface area contributed by atoms with Crippen LogP contribution in [0.25, 0.3) is 0 Å². The van der Waals surface area contributed by atoms with Gasteiger partial charge in [0.05, 0.1) is 11.3 Å². The van der Waals surface area contributed by atoms with E-state index in [0.717, 1.165) is 17.0 Å². The average Bonchev–Trinajstić information content (AvgIpc) is 2.54. The molecule has 0 unspecified atom stereocenters. The number of ketones is 1. The van der Waals surface area contributed by atoms with Crippen molar-refractivity contribution in [2.75, 3.05) is 18.5 Å². The van der Waals surface area contributed by atoms with Crippen LogP contribution in [0.1, 0.15) is 10.4 Å². The van der Waals surface area contributed by atoms with Gasteiger partial charge < -0.3 is 5.32 Å². The smallest absolute Gasteiger partial charge is 0.299 e. The number of halogens is 1. The van der Waals surface area contributed by atoms with Crippen LogP contribution < -0.4 is 10.2 Å². The second kappa shape index (κ2) is 3.97. The first kappa shape index (κ1) is 11.3. The third kappa shape index (κ3) is 1.77. The number of benzene rings is 1. The van der Waals surface area contributed by atoms with Gasteiger partial charge in [-0.2, -0.15) is 0 Å². The van der Waals surface area contributed by atoms with Crippen LogP contribution in [0.5, 0.6) is 0 Å². The minimum absolute atomic E-state index is 0.00102. The molecule has 1 aromatic rings. The van der Waals surface area contributed by atoms with E-state index < -0.39 is 23.4 Å². The Balaban J connectivity index is 2.41. The van der Waals surface area contributed by atoms with Gasteiger partial charge in [0.2, 0.25) is 5.91 Å². The van der Waals surface area contributed by atoms with E-state index in [4.69, 9.17) is 0 Å². The van der Waals surface area contributed by atoms with Crippen molar-refractivity contribution in [3.63, 3.8) is 0 Å². The molecule has 0 aromatic heterocycles. The van der Waals surface area contributed by atoms with E-state index in [1.807, 2.05) is 0 Å². The van der Waals surface area contributed by atoms with Crippen molar-refractivity contribution in [3.8, 4) is 0 Å². The summed E-state index contributed by atoms with van der Waals surface area (Å²) in [5.74, 6) is -2.59. The molecule has 1 aromatic carbocycles. The highest BCUT2D eigenvalue weighted by Gasteiger charge is 2.36. The van der Waals surface area contributed by atoms with Crippen molar-refractivity contribution < 1.29 is 18.8 Å². The number of amides is 2. The van der Waals surface area contributed by atoms with Gasteiger partial charge in [-0.25, -0.2) is 4.39 Å². The Kier molecular flexibility index (Phi) is 2.63. The normalized spacial score (nSPS) is 13.9. The zero-order valence-corrected chi connectivity index (χ0v) is 8.99. The third-order valence-electron chi connectivity index (χ3n) is 2.51. The monoisotopic (exact) mass is 236 g/mol. The van der Waals surface area contributed by atoms with E-state index in [-0.39, 0.29) is 17.8 Å². The Morgan fingerprint density at radius 3 is 2.76 bits per heavy atom. The summed E-state index contributed by atoms with van der Waals surface area (Å²) in [4.78, 5) is 35.4. The molecule has 0 saturated heterocycles. The number of rotatable bonds is 2. The van der Waals surface area contributed by atoms with Crippen molar-refractivity contribution in [1.29, 1.82) is 0 Å². The lowest BCUT2D eigenvalue weighted by atomic mass is 10.1. The molecule has 88 valence electrons. The highest BCUT2D eigenvalue weighted by Crippen LogP contribution is 2.28. The van der Waals surface area contributed by atoms with Crippen molar-refractivity contribution in [2.24, 2.45) is 0 Å². The first-order valence-electron chi connectivity index (χ1n) is 4.91. The third-order valence-corrected chi connectivity index (χ3v) is 2.51. The summed E-state index contributed by atoms with van der Waals surface area (Å²) in [6.07, 6.45) is 0. The molecule has 0 spiro atoms. The minimum atomic E-state index is -0.811. The van der Waals surface area contributed by atoms with Crippen LogP contribution >= 0.6 is 0 Å². The van der Waals surface area contributed by atoms with E-state index in [1.54, 1.807) is 0 Å². The molecule has 0 saturated carbocycles. The lowest BCUT2D eigenvalue weighted by Crippen LogP contribution is -2.38. The van der Waals surface area contributed by atoms with Crippen LogP contribution in [0, 0.1) is 5.82 Å². The number of nitrogens with one attached hydrogen (secondary N) is 1. The van der Waals surface area contributed by atoms with Gasteiger partial charge in [-0.3, -0.25) is 19.3 Å². The van der Waals surface area contributed by atoms with Gasteiger partial charge in [-0.15, -0.1) is 0 Å². The minimum Gasteiger partial charge on any atom is -0.358 e. The maximum atomic E-state index is 13.0. The first-order chi connectivity index (χ1) is 8.04. The largest absolute Gasteiger partial charge is 0.358 e. The van der Waals surface area contributed by atoms with Gasteiger partial charge >= 0.3 is 0 Å². The molecule has 6 heteroatoms. The van der Waals surface area contributed by atoms with Crippen LogP contribution in [-0.4, -0.2) is 31.2 Å². The Labute approximate surface area is 96.2 Å². The van der Waals surface area contributed by atoms with Crippen molar-refractivity contribution in [3.05, 3.63) is 29.6 Å². The molecule has 0 atom stereocenters. The van der Waals surface area contributed by atoms with Crippen LogP contribution in [-0.2, 0) is 9.59 Å². The molecule has 1 aliphatic rings. The number of Topliss-reactive ketones (excluding diaryl/α,β-unsaturated/α-hetero) is 1. The number of fused-ring (bicyclic) bond motifs is 1. The predicted molar refractivity (Wildman–Crippen MR) is 57.2 cm³/mol. The molecule has 2 amide bonds. The number of hydrogen-bond donors (Lipinski definition) is 1. The molecule has 2 rings (SSSR count). The van der Waals surface area contributed by atoms with E-state index >= 15 is 0 Å². The van der Waals surface area contributed by atoms with Gasteiger partial charge in [0.1, 0.15) is 12.4 Å². The standard InChI is InChI=1S/C11H9FN2O3/c1-13-9(15)5-14-8-3-2-6(12)4-7(8)10(16)11(14)17/h2-4H,5H2,1H3,(H,13,15). The van der Waals surface area contributed by atoms with Crippen LogP contribution in [0.3, 0.4) is 0 Å². The van der Waals surface area contributed by atoms with Gasteiger partial charge in [0, 0.05) is 7.05 Å². The maximum Gasteiger partial charge on any atom is 0.299 e. The summed E-state index contributed by atoms with van der Waals surface area (Å²) in [6, 6.07) is 3.46. The fraction of sp³-hybridized carbons (Fsp3) is 0.182. The summed E-state index contributed by atoms with van der Waals surface area (Å²) in [6.45, 7) is -0.250. The van der Waals surface area contributed by atoms with Crippen LogP contribution in [0.2, 0.25) is 0 Å². The molecular formula is C11H9FN2O3. The molecule has 17 heavy (non-hydrogen) atoms. The zero-order chi connectivity index (χ0) is 12.6. The zero-order valence-electron chi connectivity index (χ0n) is 8.99. The number of likely N-dealkylation sites (N-methyl/N-ethyl adjacent to an activating group) is 1. The molecule has 0 aliphatic carbocycles. The number of hydrogen-bond acceptors (Lipinski definition) is 3. The quantitative estimate of drug-likeness (QED) is 0.740. The molecule has 0 radical (unpaired) electrons. The SMILES string of the molecule is CNC(=O)CN1C(=O)C(=O)c2cc(F)ccc21. The molecular weight excluding hydrogens is 227 g/mol. The summed E-state index contributed by atoms with van der Waals surface area (Å²) in [5, 5.41) is 2.35. The second-order valence-corrected chi connectivity index (χ2v) is 3.56. The summed E-state index contributed by atoms with van der Waals surface area (Å²) in [7, 11) is 1.43. The van der Waals surface area contributed by atoms with Crippen LogP contribution in [0.4, 0.5) is 10.1 Å². The van der Waals surface area contributed by atoms with E-state index in [0.29, 0.717) is 0 Å². The van der Waals surface area contributed by atoms with Gasteiger partial charge in [-0.1, -0.05) is 0 Å². The molecule has 0 fully saturated rings. The number of nitrogens with zero attached hydrogens (tertiary/aromatic N) is 1. The second-order valence-electron chi connectivity index (χ2n) is 3.56. The van der Waals surface area contributed by atoms with Crippen molar-refractivity contribution in [2.45, 2.75) is 0 Å². The van der Waals surface area contributed by atoms with Crippen molar-refractivity contribution >= 4 is 23.3 Å². The van der Waals surface area contributed by atoms with Gasteiger partial charge in [0.15, 0.2) is 0 Å². The average molecular weight is 236 g/mol. The van der Waals surface area contributed by atoms with Crippen molar-refractivity contribution in [1.82, 2.24) is 5.32 Å². The lowest BCUT2D eigenvalue weighted by molar-refractivity contribution is -0.121. The molecule has 1 aliphatic heterocycles. The van der Waals surface area contributed by atoms with Gasteiger partial charge in [0.25, 0.3) is 11.7 Å². The fourth-order valence-electron chi connectivity index (χ4n) is 1.65. The number of carbonyl (C=O) groups is 3. The molecule has 0 bridgehead atoms. The predicted octanol–water partition coefficient (Wildman–Crippen LogP) is 0.101.